The van der Waals surface area contributed by atoms with Crippen LogP contribution in [0.1, 0.15) is 33.1 Å². The van der Waals surface area contributed by atoms with Crippen LogP contribution in [0, 0.1) is 0 Å². The van der Waals surface area contributed by atoms with Gasteiger partial charge in [0, 0.05) is 13.1 Å². The van der Waals surface area contributed by atoms with E-state index in [2.05, 4.69) is 6.92 Å². The Morgan fingerprint density at radius 1 is 1.17 bits per heavy atom. The van der Waals surface area contributed by atoms with Crippen molar-refractivity contribution in [3.8, 4) is 0 Å². The zero-order valence-corrected chi connectivity index (χ0v) is 9.02. The summed E-state index contributed by atoms with van der Waals surface area (Å²) in [4.78, 5) is 0. The minimum absolute atomic E-state index is 0.586. The minimum atomic E-state index is -2.96. The molecule has 0 heterocycles. The third-order valence-electron chi connectivity index (χ3n) is 1.83. The second-order valence-corrected chi connectivity index (χ2v) is 4.94. The van der Waals surface area contributed by atoms with Crippen molar-refractivity contribution in [1.82, 2.24) is 4.31 Å². The number of sulfonamides is 1. The van der Waals surface area contributed by atoms with E-state index >= 15 is 0 Å². The molecule has 0 aromatic heterocycles. The molecule has 0 aromatic carbocycles. The van der Waals surface area contributed by atoms with E-state index < -0.39 is 10.0 Å². The zero-order valence-electron chi connectivity index (χ0n) is 8.21. The lowest BCUT2D eigenvalue weighted by atomic mass is 10.2. The van der Waals surface area contributed by atoms with E-state index in [-0.39, 0.29) is 0 Å². The third-order valence-corrected chi connectivity index (χ3v) is 3.21. The fourth-order valence-corrected chi connectivity index (χ4v) is 2.03. The predicted molar refractivity (Wildman–Crippen MR) is 51.6 cm³/mol. The SMILES string of the molecule is CCCCCN(CC)S(C)(=O)=O. The molecule has 0 aliphatic rings. The number of rotatable bonds is 6. The maximum Gasteiger partial charge on any atom is 0.211 e. The Bertz CT molecular complexity index is 199. The van der Waals surface area contributed by atoms with Crippen LogP contribution in [0.2, 0.25) is 0 Å². The number of nitrogens with zero attached hydrogens (tertiary/aromatic N) is 1. The molecule has 4 heteroatoms. The average molecular weight is 193 g/mol. The summed E-state index contributed by atoms with van der Waals surface area (Å²) in [6.45, 7) is 5.23. The molecule has 0 aliphatic carbocycles. The smallest absolute Gasteiger partial charge is 0.211 e. The van der Waals surface area contributed by atoms with Crippen molar-refractivity contribution in [3.63, 3.8) is 0 Å². The van der Waals surface area contributed by atoms with Crippen molar-refractivity contribution in [3.05, 3.63) is 0 Å². The maximum atomic E-state index is 11.1. The van der Waals surface area contributed by atoms with Crippen LogP contribution >= 0.6 is 0 Å². The van der Waals surface area contributed by atoms with Gasteiger partial charge in [0.15, 0.2) is 0 Å². The van der Waals surface area contributed by atoms with Crippen LogP contribution in [0.3, 0.4) is 0 Å². The normalized spacial score (nSPS) is 12.3. The highest BCUT2D eigenvalue weighted by Gasteiger charge is 2.12. The lowest BCUT2D eigenvalue weighted by Crippen LogP contribution is -2.30. The first-order valence-corrected chi connectivity index (χ1v) is 6.32. The molecule has 74 valence electrons. The lowest BCUT2D eigenvalue weighted by Gasteiger charge is -2.16. The van der Waals surface area contributed by atoms with Crippen LogP contribution in [0.25, 0.3) is 0 Å². The van der Waals surface area contributed by atoms with Crippen molar-refractivity contribution in [2.75, 3.05) is 19.3 Å². The van der Waals surface area contributed by atoms with Gasteiger partial charge < -0.3 is 0 Å². The molecule has 0 aromatic rings. The third kappa shape index (κ3) is 4.72. The van der Waals surface area contributed by atoms with E-state index in [1.165, 1.54) is 10.6 Å². The first kappa shape index (κ1) is 11.9. The predicted octanol–water partition coefficient (Wildman–Crippen LogP) is 1.46. The molecule has 0 radical (unpaired) electrons. The Morgan fingerprint density at radius 2 is 1.75 bits per heavy atom. The quantitative estimate of drug-likeness (QED) is 0.599. The van der Waals surface area contributed by atoms with Crippen molar-refractivity contribution in [2.24, 2.45) is 0 Å². The van der Waals surface area contributed by atoms with E-state index in [9.17, 15) is 8.42 Å². The molecule has 0 unspecified atom stereocenters. The molecule has 0 saturated carbocycles. The molecule has 0 amide bonds. The molecule has 0 fully saturated rings. The van der Waals surface area contributed by atoms with Gasteiger partial charge in [-0.3, -0.25) is 0 Å². The van der Waals surface area contributed by atoms with E-state index in [0.717, 1.165) is 19.3 Å². The van der Waals surface area contributed by atoms with E-state index in [4.69, 9.17) is 0 Å². The molecule has 0 rings (SSSR count). The van der Waals surface area contributed by atoms with Crippen molar-refractivity contribution < 1.29 is 8.42 Å². The molecule has 12 heavy (non-hydrogen) atoms. The van der Waals surface area contributed by atoms with Crippen LogP contribution in [-0.2, 0) is 10.0 Å². The summed E-state index contributed by atoms with van der Waals surface area (Å²) in [5.41, 5.74) is 0. The number of hydrogen-bond acceptors (Lipinski definition) is 2. The van der Waals surface area contributed by atoms with Crippen molar-refractivity contribution in [2.45, 2.75) is 33.1 Å². The Hall–Kier alpha value is -0.0900. The van der Waals surface area contributed by atoms with Gasteiger partial charge in [0.2, 0.25) is 10.0 Å². The summed E-state index contributed by atoms with van der Waals surface area (Å²) in [5, 5.41) is 0. The maximum absolute atomic E-state index is 11.1. The standard InChI is InChI=1S/C8H19NO2S/c1-4-6-7-8-9(5-2)12(3,10)11/h4-8H2,1-3H3. The van der Waals surface area contributed by atoms with Crippen LogP contribution in [0.5, 0.6) is 0 Å². The summed E-state index contributed by atoms with van der Waals surface area (Å²) in [7, 11) is -2.96. The summed E-state index contributed by atoms with van der Waals surface area (Å²) in [6.07, 6.45) is 4.47. The molecule has 0 aliphatic heterocycles. The molecular formula is C8H19NO2S. The van der Waals surface area contributed by atoms with Crippen LogP contribution in [0.15, 0.2) is 0 Å². The molecule has 3 nitrogen and oxygen atoms in total. The lowest BCUT2D eigenvalue weighted by molar-refractivity contribution is 0.418. The molecule has 0 bridgehead atoms. The van der Waals surface area contributed by atoms with E-state index in [0.29, 0.717) is 13.1 Å². The second kappa shape index (κ2) is 5.54. The first-order chi connectivity index (χ1) is 5.52. The van der Waals surface area contributed by atoms with Gasteiger partial charge in [-0.05, 0) is 6.42 Å². The number of unbranched alkanes of at least 4 members (excludes halogenated alkanes) is 2. The Labute approximate surface area is 75.8 Å². The highest BCUT2D eigenvalue weighted by atomic mass is 32.2. The average Bonchev–Trinajstić information content (AvgIpc) is 1.95. The van der Waals surface area contributed by atoms with Crippen LogP contribution in [-0.4, -0.2) is 32.1 Å². The molecule has 0 N–H and O–H groups in total. The van der Waals surface area contributed by atoms with Crippen LogP contribution in [0.4, 0.5) is 0 Å². The van der Waals surface area contributed by atoms with Gasteiger partial charge in [-0.15, -0.1) is 0 Å². The van der Waals surface area contributed by atoms with Gasteiger partial charge in [-0.25, -0.2) is 12.7 Å². The Kier molecular flexibility index (Phi) is 5.50. The summed E-state index contributed by atoms with van der Waals surface area (Å²) in [5.74, 6) is 0. The van der Waals surface area contributed by atoms with Crippen LogP contribution < -0.4 is 0 Å². The van der Waals surface area contributed by atoms with E-state index in [1.54, 1.807) is 0 Å². The van der Waals surface area contributed by atoms with Gasteiger partial charge in [0.25, 0.3) is 0 Å². The summed E-state index contributed by atoms with van der Waals surface area (Å²) < 4.78 is 23.7. The number of hydrogen-bond donors (Lipinski definition) is 0. The van der Waals surface area contributed by atoms with Crippen molar-refractivity contribution in [1.29, 1.82) is 0 Å². The molecular weight excluding hydrogens is 174 g/mol. The van der Waals surface area contributed by atoms with Gasteiger partial charge in [-0.1, -0.05) is 26.7 Å². The summed E-state index contributed by atoms with van der Waals surface area (Å²) in [6, 6.07) is 0. The van der Waals surface area contributed by atoms with Gasteiger partial charge in [0.05, 0.1) is 6.26 Å². The minimum Gasteiger partial charge on any atom is -0.213 e. The van der Waals surface area contributed by atoms with Gasteiger partial charge in [0.1, 0.15) is 0 Å². The fourth-order valence-electron chi connectivity index (χ4n) is 1.10. The highest BCUT2D eigenvalue weighted by molar-refractivity contribution is 7.88. The zero-order chi connectivity index (χ0) is 9.61. The largest absolute Gasteiger partial charge is 0.213 e. The Balaban J connectivity index is 3.85. The van der Waals surface area contributed by atoms with Gasteiger partial charge >= 0.3 is 0 Å². The second-order valence-electron chi connectivity index (χ2n) is 2.96. The summed E-state index contributed by atoms with van der Waals surface area (Å²) >= 11 is 0. The first-order valence-electron chi connectivity index (χ1n) is 4.47. The Morgan fingerprint density at radius 3 is 2.08 bits per heavy atom. The molecule has 0 atom stereocenters. The molecule has 0 saturated heterocycles. The monoisotopic (exact) mass is 193 g/mol. The topological polar surface area (TPSA) is 37.4 Å². The highest BCUT2D eigenvalue weighted by Crippen LogP contribution is 2.02. The van der Waals surface area contributed by atoms with Crippen molar-refractivity contribution >= 4 is 10.0 Å². The van der Waals surface area contributed by atoms with Gasteiger partial charge in [-0.2, -0.15) is 0 Å². The van der Waals surface area contributed by atoms with E-state index in [1.807, 2.05) is 6.92 Å². The molecule has 0 spiro atoms. The fraction of sp³-hybridized carbons (Fsp3) is 1.00.